The number of hydrogen-bond donors (Lipinski definition) is 1. The number of pyridine rings is 1. The predicted octanol–water partition coefficient (Wildman–Crippen LogP) is 4.86. The molecule has 11 heteroatoms. The number of benzene rings is 2. The van der Waals surface area contributed by atoms with Crippen LogP contribution < -0.4 is 15.5 Å². The van der Waals surface area contributed by atoms with Gasteiger partial charge in [0, 0.05) is 50.4 Å². The van der Waals surface area contributed by atoms with Gasteiger partial charge in [-0.25, -0.2) is 9.18 Å². The Morgan fingerprint density at radius 2 is 1.93 bits per heavy atom. The molecule has 1 amide bonds. The van der Waals surface area contributed by atoms with Crippen molar-refractivity contribution in [3.05, 3.63) is 82.4 Å². The van der Waals surface area contributed by atoms with Crippen molar-refractivity contribution in [2.75, 3.05) is 43.0 Å². The smallest absolute Gasteiger partial charge is 0.354 e. The summed E-state index contributed by atoms with van der Waals surface area (Å²) in [7, 11) is 1.86. The molecule has 0 spiro atoms. The summed E-state index contributed by atoms with van der Waals surface area (Å²) in [6.45, 7) is 13.3. The van der Waals surface area contributed by atoms with Crippen LogP contribution in [0.15, 0.2) is 54.1 Å². The number of aromatic nitrogens is 5. The van der Waals surface area contributed by atoms with Gasteiger partial charge in [0.2, 0.25) is 5.91 Å². The lowest BCUT2D eigenvalue weighted by Crippen LogP contribution is -2.57. The zero-order valence-corrected chi connectivity index (χ0v) is 26.1. The second-order valence-electron chi connectivity index (χ2n) is 12.4. The van der Waals surface area contributed by atoms with Crippen LogP contribution >= 0.6 is 0 Å². The molecule has 230 valence electrons. The van der Waals surface area contributed by atoms with Crippen LogP contribution in [0.5, 0.6) is 0 Å². The maximum Gasteiger partial charge on any atom is 0.354 e. The van der Waals surface area contributed by atoms with Gasteiger partial charge in [0.25, 0.3) is 0 Å². The van der Waals surface area contributed by atoms with Crippen molar-refractivity contribution in [3.63, 3.8) is 0 Å². The molecular weight excluding hydrogens is 571 g/mol. The number of amides is 1. The Morgan fingerprint density at radius 3 is 2.69 bits per heavy atom. The van der Waals surface area contributed by atoms with Crippen molar-refractivity contribution in [1.29, 1.82) is 0 Å². The van der Waals surface area contributed by atoms with E-state index in [9.17, 15) is 9.59 Å². The fourth-order valence-electron chi connectivity index (χ4n) is 7.09. The van der Waals surface area contributed by atoms with E-state index in [0.717, 1.165) is 27.7 Å². The van der Waals surface area contributed by atoms with E-state index in [2.05, 4.69) is 26.7 Å². The molecule has 10 nitrogen and oxygen atoms in total. The number of nitrogens with one attached hydrogen (secondary N) is 1. The molecular formula is C34H35FN8O2. The number of carbonyl (C=O) groups is 1. The van der Waals surface area contributed by atoms with Crippen molar-refractivity contribution in [1.82, 2.24) is 29.6 Å². The maximum atomic E-state index is 17.3. The maximum absolute atomic E-state index is 17.3. The van der Waals surface area contributed by atoms with Crippen LogP contribution in [0.25, 0.3) is 38.6 Å². The molecule has 1 N–H and O–H groups in total. The molecule has 0 saturated carbocycles. The zero-order valence-electron chi connectivity index (χ0n) is 26.1. The van der Waals surface area contributed by atoms with E-state index in [-0.39, 0.29) is 17.9 Å². The number of nitrogens with zero attached hydrogens (tertiary/aromatic N) is 7. The van der Waals surface area contributed by atoms with Crippen LogP contribution in [0.3, 0.4) is 0 Å². The van der Waals surface area contributed by atoms with E-state index in [1.807, 2.05) is 57.8 Å². The number of piperazine rings is 1. The molecule has 1 unspecified atom stereocenters. The third kappa shape index (κ3) is 4.32. The summed E-state index contributed by atoms with van der Waals surface area (Å²) < 4.78 is 18.9. The number of anilines is 2. The molecule has 0 radical (unpaired) electrons. The number of rotatable bonds is 4. The number of hydrogen-bond acceptors (Lipinski definition) is 7. The molecule has 2 aromatic carbocycles. The monoisotopic (exact) mass is 606 g/mol. The largest absolute Gasteiger partial charge is 0.369 e. The Morgan fingerprint density at radius 1 is 1.13 bits per heavy atom. The van der Waals surface area contributed by atoms with Gasteiger partial charge in [-0.15, -0.1) is 0 Å². The first kappa shape index (κ1) is 28.7. The highest BCUT2D eigenvalue weighted by Crippen LogP contribution is 2.45. The average molecular weight is 607 g/mol. The lowest BCUT2D eigenvalue weighted by molar-refractivity contribution is -0.126. The Balaban J connectivity index is 1.61. The van der Waals surface area contributed by atoms with Crippen molar-refractivity contribution in [3.8, 4) is 16.8 Å². The lowest BCUT2D eigenvalue weighted by Gasteiger charge is -2.41. The summed E-state index contributed by atoms with van der Waals surface area (Å²) in [6.07, 6.45) is 4.77. The average Bonchev–Trinajstić information content (AvgIpc) is 3.45. The van der Waals surface area contributed by atoms with Crippen LogP contribution in [0, 0.1) is 19.7 Å². The molecule has 5 heterocycles. The molecule has 2 aliphatic heterocycles. The van der Waals surface area contributed by atoms with Crippen molar-refractivity contribution >= 4 is 39.2 Å². The van der Waals surface area contributed by atoms with E-state index >= 15 is 4.39 Å². The minimum absolute atomic E-state index is 0.0149. The van der Waals surface area contributed by atoms with Crippen LogP contribution in [0.4, 0.5) is 15.9 Å². The van der Waals surface area contributed by atoms with Gasteiger partial charge in [0.1, 0.15) is 5.82 Å². The summed E-state index contributed by atoms with van der Waals surface area (Å²) in [6, 6.07) is 7.32. The van der Waals surface area contributed by atoms with Crippen LogP contribution in [0.2, 0.25) is 0 Å². The van der Waals surface area contributed by atoms with Gasteiger partial charge in [0.15, 0.2) is 5.82 Å². The normalized spacial score (nSPS) is 16.4. The molecule has 0 aliphatic carbocycles. The van der Waals surface area contributed by atoms with Gasteiger partial charge >= 0.3 is 5.69 Å². The first-order valence-corrected chi connectivity index (χ1v) is 15.2. The lowest BCUT2D eigenvalue weighted by atomic mass is 9.94. The predicted molar refractivity (Wildman–Crippen MR) is 175 cm³/mol. The summed E-state index contributed by atoms with van der Waals surface area (Å²) in [5.74, 6) is -0.113. The highest BCUT2D eigenvalue weighted by molar-refractivity contribution is 6.07. The van der Waals surface area contributed by atoms with Crippen molar-refractivity contribution < 1.29 is 9.18 Å². The summed E-state index contributed by atoms with van der Waals surface area (Å²) >= 11 is 0. The van der Waals surface area contributed by atoms with Gasteiger partial charge in [-0.3, -0.25) is 19.4 Å². The zero-order chi connectivity index (χ0) is 31.7. The number of halogens is 1. The molecule has 1 fully saturated rings. The number of H-pyrrole nitrogens is 1. The Kier molecular flexibility index (Phi) is 6.72. The molecule has 2 aliphatic rings. The van der Waals surface area contributed by atoms with E-state index in [1.54, 1.807) is 27.9 Å². The Hall–Kier alpha value is -5.06. The summed E-state index contributed by atoms with van der Waals surface area (Å²) in [5, 5.41) is 8.59. The topological polar surface area (TPSA) is 103 Å². The van der Waals surface area contributed by atoms with Crippen molar-refractivity contribution in [2.24, 2.45) is 0 Å². The standard InChI is InChI=1S/C34H35FN8O2/c1-7-26(44)41-12-13-42-21(17-41)16-40(6)32-28-25(14-22(29(32)35)27-19(4)8-9-24-23(27)15-37-39-24)43(34(45)38-33(28)42)31-20(5)10-11-36-30(31)18(2)3/h7-11,14-15,18,21H,1,12-13,16-17H2,2-6H3,(H,37,39). The number of aryl methyl sites for hydroxylation is 2. The molecule has 45 heavy (non-hydrogen) atoms. The first-order valence-electron chi connectivity index (χ1n) is 15.2. The molecule has 3 aromatic heterocycles. The van der Waals surface area contributed by atoms with E-state index < -0.39 is 11.5 Å². The third-order valence-corrected chi connectivity index (χ3v) is 9.21. The number of carbonyl (C=O) groups excluding carboxylic acids is 1. The van der Waals surface area contributed by atoms with Crippen LogP contribution in [-0.4, -0.2) is 74.8 Å². The van der Waals surface area contributed by atoms with E-state index in [4.69, 9.17) is 4.98 Å². The third-order valence-electron chi connectivity index (χ3n) is 9.21. The SMILES string of the molecule is C=CC(=O)N1CCN2c3nc(=O)n(-c4c(C)ccnc4C(C)C)c4cc(-c5c(C)ccc6[nH]ncc56)c(F)c(c34)N(C)CC2C1. The molecule has 1 atom stereocenters. The van der Waals surface area contributed by atoms with Crippen molar-refractivity contribution in [2.45, 2.75) is 39.7 Å². The first-order chi connectivity index (χ1) is 21.6. The second-order valence-corrected chi connectivity index (χ2v) is 12.4. The van der Waals surface area contributed by atoms with E-state index in [0.29, 0.717) is 65.4 Å². The second kappa shape index (κ2) is 10.5. The molecule has 5 aromatic rings. The Labute approximate surface area is 259 Å². The van der Waals surface area contributed by atoms with Gasteiger partial charge in [-0.05, 0) is 60.7 Å². The highest BCUT2D eigenvalue weighted by atomic mass is 19.1. The minimum atomic E-state index is -0.467. The molecule has 1 saturated heterocycles. The highest BCUT2D eigenvalue weighted by Gasteiger charge is 2.38. The molecule has 0 bridgehead atoms. The number of likely N-dealkylation sites (N-methyl/N-ethyl adjacent to an activating group) is 1. The van der Waals surface area contributed by atoms with Crippen LogP contribution in [0.1, 0.15) is 36.6 Å². The Bertz CT molecular complexity index is 2100. The molecule has 7 rings (SSSR count). The number of aromatic amines is 1. The quantitative estimate of drug-likeness (QED) is 0.292. The van der Waals surface area contributed by atoms with Gasteiger partial charge in [-0.1, -0.05) is 26.5 Å². The fourth-order valence-corrected chi connectivity index (χ4v) is 7.09. The van der Waals surface area contributed by atoms with E-state index in [1.165, 1.54) is 6.08 Å². The van der Waals surface area contributed by atoms with Gasteiger partial charge < -0.3 is 14.7 Å². The fraction of sp³-hybridized carbons (Fsp3) is 0.324. The van der Waals surface area contributed by atoms with Crippen LogP contribution in [-0.2, 0) is 4.79 Å². The summed E-state index contributed by atoms with van der Waals surface area (Å²) in [5.41, 5.74) is 5.47. The summed E-state index contributed by atoms with van der Waals surface area (Å²) in [4.78, 5) is 42.0. The number of fused-ring (bicyclic) bond motifs is 3. The van der Waals surface area contributed by atoms with Gasteiger partial charge in [0.05, 0.1) is 45.7 Å². The minimum Gasteiger partial charge on any atom is -0.369 e. The van der Waals surface area contributed by atoms with Gasteiger partial charge in [-0.2, -0.15) is 10.1 Å².